The maximum Gasteiger partial charge on any atom is 0.161 e. The van der Waals surface area contributed by atoms with Crippen molar-refractivity contribution in [1.29, 1.82) is 0 Å². The van der Waals surface area contributed by atoms with Crippen molar-refractivity contribution in [3.63, 3.8) is 0 Å². The molecule has 4 heteroatoms. The predicted molar refractivity (Wildman–Crippen MR) is 120 cm³/mol. The number of ether oxygens (including phenoxy) is 2. The van der Waals surface area contributed by atoms with Gasteiger partial charge in [0.15, 0.2) is 11.5 Å². The summed E-state index contributed by atoms with van der Waals surface area (Å²) in [6.45, 7) is 6.89. The van der Waals surface area contributed by atoms with Gasteiger partial charge in [-0.2, -0.15) is 0 Å². The van der Waals surface area contributed by atoms with Crippen LogP contribution in [0, 0.1) is 0 Å². The Morgan fingerprint density at radius 3 is 1.29 bits per heavy atom. The van der Waals surface area contributed by atoms with Crippen LogP contribution in [-0.2, 0) is 13.1 Å². The van der Waals surface area contributed by atoms with Crippen LogP contribution in [0.4, 0.5) is 0 Å². The molecule has 0 fully saturated rings. The average molecular weight is 393 g/mol. The summed E-state index contributed by atoms with van der Waals surface area (Å²) in [5, 5.41) is 0. The number of benzene rings is 1. The molecule has 0 bridgehead atoms. The third kappa shape index (κ3) is 10.3. The molecule has 0 aliphatic rings. The predicted octanol–water partition coefficient (Wildman–Crippen LogP) is 6.08. The van der Waals surface area contributed by atoms with Gasteiger partial charge in [0.2, 0.25) is 0 Å². The second-order valence-corrected chi connectivity index (χ2v) is 7.71. The number of nitrogens with two attached hydrogens (primary N) is 2. The molecule has 4 N–H and O–H groups in total. The fourth-order valence-electron chi connectivity index (χ4n) is 3.38. The van der Waals surface area contributed by atoms with E-state index in [1.54, 1.807) is 0 Å². The number of hydrogen-bond acceptors (Lipinski definition) is 4. The van der Waals surface area contributed by atoms with Crippen LogP contribution in [0.5, 0.6) is 11.5 Å². The monoisotopic (exact) mass is 392 g/mol. The molecular formula is C24H44N2O2. The summed E-state index contributed by atoms with van der Waals surface area (Å²) in [5.41, 5.74) is 13.9. The molecule has 0 aromatic heterocycles. The molecule has 0 heterocycles. The van der Waals surface area contributed by atoms with Crippen molar-refractivity contribution in [2.24, 2.45) is 11.5 Å². The van der Waals surface area contributed by atoms with Crippen molar-refractivity contribution in [2.45, 2.75) is 104 Å². The fourth-order valence-corrected chi connectivity index (χ4v) is 3.38. The summed E-state index contributed by atoms with van der Waals surface area (Å²) in [6.07, 6.45) is 15.1. The van der Waals surface area contributed by atoms with Crippen LogP contribution >= 0.6 is 0 Å². The van der Waals surface area contributed by atoms with Crippen molar-refractivity contribution in [2.75, 3.05) is 13.2 Å². The van der Waals surface area contributed by atoms with Gasteiger partial charge in [-0.05, 0) is 36.1 Å². The molecule has 0 saturated carbocycles. The summed E-state index contributed by atoms with van der Waals surface area (Å²) < 4.78 is 12.1. The number of rotatable bonds is 18. The molecule has 1 aromatic carbocycles. The van der Waals surface area contributed by atoms with Gasteiger partial charge in [0, 0.05) is 13.1 Å². The summed E-state index contributed by atoms with van der Waals surface area (Å²) in [4.78, 5) is 0. The molecule has 28 heavy (non-hydrogen) atoms. The summed E-state index contributed by atoms with van der Waals surface area (Å²) in [6, 6.07) is 4.05. The van der Waals surface area contributed by atoms with Crippen LogP contribution < -0.4 is 20.9 Å². The Hall–Kier alpha value is -1.26. The highest BCUT2D eigenvalue weighted by molar-refractivity contribution is 5.47. The lowest BCUT2D eigenvalue weighted by molar-refractivity contribution is 0.258. The second kappa shape index (κ2) is 16.7. The molecule has 0 amide bonds. The molecule has 0 aliphatic carbocycles. The van der Waals surface area contributed by atoms with Crippen molar-refractivity contribution in [3.05, 3.63) is 23.3 Å². The quantitative estimate of drug-likeness (QED) is 0.297. The van der Waals surface area contributed by atoms with E-state index in [0.717, 1.165) is 48.7 Å². The van der Waals surface area contributed by atoms with E-state index in [2.05, 4.69) is 13.8 Å². The van der Waals surface area contributed by atoms with Gasteiger partial charge >= 0.3 is 0 Å². The van der Waals surface area contributed by atoms with Gasteiger partial charge in [-0.1, -0.05) is 78.1 Å². The van der Waals surface area contributed by atoms with Gasteiger partial charge in [-0.15, -0.1) is 0 Å². The molecule has 1 aromatic rings. The highest BCUT2D eigenvalue weighted by Gasteiger charge is 2.11. The van der Waals surface area contributed by atoms with Crippen molar-refractivity contribution >= 4 is 0 Å². The van der Waals surface area contributed by atoms with Crippen molar-refractivity contribution in [1.82, 2.24) is 0 Å². The Morgan fingerprint density at radius 1 is 0.571 bits per heavy atom. The zero-order chi connectivity index (χ0) is 20.5. The van der Waals surface area contributed by atoms with Gasteiger partial charge < -0.3 is 20.9 Å². The minimum absolute atomic E-state index is 0.470. The van der Waals surface area contributed by atoms with E-state index in [9.17, 15) is 0 Å². The number of hydrogen-bond donors (Lipinski definition) is 2. The minimum Gasteiger partial charge on any atom is -0.490 e. The molecular weight excluding hydrogens is 348 g/mol. The van der Waals surface area contributed by atoms with Crippen LogP contribution in [-0.4, -0.2) is 13.2 Å². The first-order chi connectivity index (χ1) is 13.8. The molecule has 0 aliphatic heterocycles. The lowest BCUT2D eigenvalue weighted by Gasteiger charge is -2.17. The highest BCUT2D eigenvalue weighted by Crippen LogP contribution is 2.31. The standard InChI is InChI=1S/C24H44N2O2/c1-3-5-7-9-11-13-15-27-23-17-21(19-25)22(20-26)18-24(23)28-16-14-12-10-8-6-4-2/h17-18H,3-16,19-20,25-26H2,1-2H3. The first-order valence-electron chi connectivity index (χ1n) is 11.6. The topological polar surface area (TPSA) is 70.5 Å². The molecule has 0 unspecified atom stereocenters. The summed E-state index contributed by atoms with van der Waals surface area (Å²) >= 11 is 0. The third-order valence-electron chi connectivity index (χ3n) is 5.22. The van der Waals surface area contributed by atoms with Crippen LogP contribution in [0.15, 0.2) is 12.1 Å². The molecule has 0 radical (unpaired) electrons. The Morgan fingerprint density at radius 2 is 0.929 bits per heavy atom. The first-order valence-corrected chi connectivity index (χ1v) is 11.6. The van der Waals surface area contributed by atoms with E-state index >= 15 is 0 Å². The molecule has 162 valence electrons. The van der Waals surface area contributed by atoms with E-state index in [1.165, 1.54) is 64.2 Å². The van der Waals surface area contributed by atoms with Gasteiger partial charge in [0.1, 0.15) is 0 Å². The van der Waals surface area contributed by atoms with Crippen LogP contribution in [0.3, 0.4) is 0 Å². The van der Waals surface area contributed by atoms with E-state index in [1.807, 2.05) is 12.1 Å². The molecule has 1 rings (SSSR count). The Bertz CT molecular complexity index is 461. The van der Waals surface area contributed by atoms with Crippen molar-refractivity contribution in [3.8, 4) is 11.5 Å². The molecule has 0 saturated heterocycles. The largest absolute Gasteiger partial charge is 0.490 e. The van der Waals surface area contributed by atoms with Crippen molar-refractivity contribution < 1.29 is 9.47 Å². The van der Waals surface area contributed by atoms with E-state index in [4.69, 9.17) is 20.9 Å². The lowest BCUT2D eigenvalue weighted by Crippen LogP contribution is -2.09. The zero-order valence-corrected chi connectivity index (χ0v) is 18.4. The Balaban J connectivity index is 2.52. The second-order valence-electron chi connectivity index (χ2n) is 7.71. The maximum atomic E-state index is 6.07. The molecule has 0 atom stereocenters. The van der Waals surface area contributed by atoms with E-state index in [0.29, 0.717) is 13.1 Å². The first kappa shape index (κ1) is 24.8. The minimum atomic E-state index is 0.470. The Kier molecular flexibility index (Phi) is 14.8. The van der Waals surface area contributed by atoms with Crippen LogP contribution in [0.2, 0.25) is 0 Å². The highest BCUT2D eigenvalue weighted by atomic mass is 16.5. The molecule has 4 nitrogen and oxygen atoms in total. The van der Waals surface area contributed by atoms with E-state index in [-0.39, 0.29) is 0 Å². The lowest BCUT2D eigenvalue weighted by atomic mass is 10.1. The molecule has 0 spiro atoms. The average Bonchev–Trinajstić information content (AvgIpc) is 2.72. The van der Waals surface area contributed by atoms with E-state index < -0.39 is 0 Å². The van der Waals surface area contributed by atoms with Crippen LogP contribution in [0.1, 0.15) is 102 Å². The van der Waals surface area contributed by atoms with Gasteiger partial charge in [-0.25, -0.2) is 0 Å². The van der Waals surface area contributed by atoms with Gasteiger partial charge in [0.25, 0.3) is 0 Å². The number of unbranched alkanes of at least 4 members (excludes halogenated alkanes) is 10. The fraction of sp³-hybridized carbons (Fsp3) is 0.750. The van der Waals surface area contributed by atoms with Gasteiger partial charge in [0.05, 0.1) is 13.2 Å². The Labute approximate surface area is 173 Å². The maximum absolute atomic E-state index is 6.07. The van der Waals surface area contributed by atoms with Crippen LogP contribution in [0.25, 0.3) is 0 Å². The summed E-state index contributed by atoms with van der Waals surface area (Å²) in [5.74, 6) is 1.63. The smallest absolute Gasteiger partial charge is 0.161 e. The zero-order valence-electron chi connectivity index (χ0n) is 18.4. The van der Waals surface area contributed by atoms with Gasteiger partial charge in [-0.3, -0.25) is 0 Å². The SMILES string of the molecule is CCCCCCCCOc1cc(CN)c(CN)cc1OCCCCCCCC. The normalized spacial score (nSPS) is 11.0. The third-order valence-corrected chi connectivity index (χ3v) is 5.22. The summed E-state index contributed by atoms with van der Waals surface area (Å²) in [7, 11) is 0.